The molecule has 1 fully saturated rings. The molecule has 6 nitrogen and oxygen atoms in total. The summed E-state index contributed by atoms with van der Waals surface area (Å²) in [6.07, 6.45) is 1.03. The summed E-state index contributed by atoms with van der Waals surface area (Å²) in [6.45, 7) is 1.19. The molecule has 2 aromatic rings. The van der Waals surface area contributed by atoms with Crippen LogP contribution in [0.2, 0.25) is 0 Å². The highest BCUT2D eigenvalue weighted by molar-refractivity contribution is 5.91. The normalized spacial score (nSPS) is 17.0. The van der Waals surface area contributed by atoms with Crippen molar-refractivity contribution < 1.29 is 19.2 Å². The third-order valence-electron chi connectivity index (χ3n) is 4.32. The molecule has 3 rings (SSSR count). The van der Waals surface area contributed by atoms with Gasteiger partial charge in [0.05, 0.1) is 19.3 Å². The largest absolute Gasteiger partial charge is 0.479 e. The third-order valence-corrected chi connectivity index (χ3v) is 4.32. The van der Waals surface area contributed by atoms with Gasteiger partial charge < -0.3 is 19.3 Å². The van der Waals surface area contributed by atoms with Gasteiger partial charge in [0.25, 0.3) is 11.8 Å². The number of nitrogens with zero attached hydrogens (tertiary/aromatic N) is 2. The van der Waals surface area contributed by atoms with Gasteiger partial charge in [-0.1, -0.05) is 30.3 Å². The number of amides is 1. The number of aromatic nitrogens is 1. The number of carbonyl (C=O) groups excluding carboxylic acids is 1. The Balaban J connectivity index is 1.59. The Morgan fingerprint density at radius 1 is 1.35 bits per heavy atom. The van der Waals surface area contributed by atoms with Crippen molar-refractivity contribution >= 4 is 5.91 Å². The van der Waals surface area contributed by atoms with Gasteiger partial charge in [0.15, 0.2) is 0 Å². The highest BCUT2D eigenvalue weighted by Gasteiger charge is 2.30. The van der Waals surface area contributed by atoms with Crippen LogP contribution in [0, 0.1) is 5.92 Å². The molecule has 1 aliphatic rings. The Hall–Kier alpha value is -2.34. The van der Waals surface area contributed by atoms with Crippen LogP contribution in [0.3, 0.4) is 0 Å². The molecule has 0 saturated carbocycles. The Bertz CT molecular complexity index is 648. The molecule has 1 aromatic heterocycles. The SMILES string of the molecule is COc1cc(C(=O)N2CCC(C(O)c3ccccc3)CC2)on1. The number of aliphatic hydroxyl groups is 1. The zero-order chi connectivity index (χ0) is 16.2. The standard InChI is InChI=1S/C17H20N2O4/c1-22-15-11-14(23-18-15)17(21)19-9-7-13(8-10-19)16(20)12-5-3-2-4-6-12/h2-6,11,13,16,20H,7-10H2,1H3. The van der Waals surface area contributed by atoms with E-state index in [1.165, 1.54) is 13.2 Å². The molecule has 6 heteroatoms. The first-order valence-electron chi connectivity index (χ1n) is 7.72. The van der Waals surface area contributed by atoms with Gasteiger partial charge in [-0.05, 0) is 29.5 Å². The van der Waals surface area contributed by atoms with E-state index >= 15 is 0 Å². The van der Waals surface area contributed by atoms with Crippen molar-refractivity contribution in [2.45, 2.75) is 18.9 Å². The summed E-state index contributed by atoms with van der Waals surface area (Å²) in [5.41, 5.74) is 0.928. The molecule has 1 unspecified atom stereocenters. The van der Waals surface area contributed by atoms with Crippen molar-refractivity contribution in [1.82, 2.24) is 10.1 Å². The molecule has 2 heterocycles. The second-order valence-corrected chi connectivity index (χ2v) is 5.72. The number of hydrogen-bond donors (Lipinski definition) is 1. The van der Waals surface area contributed by atoms with Crippen molar-refractivity contribution in [1.29, 1.82) is 0 Å². The lowest BCUT2D eigenvalue weighted by Gasteiger charge is -2.33. The lowest BCUT2D eigenvalue weighted by molar-refractivity contribution is 0.0437. The number of benzene rings is 1. The third kappa shape index (κ3) is 3.37. The summed E-state index contributed by atoms with van der Waals surface area (Å²) in [6, 6.07) is 11.1. The second kappa shape index (κ2) is 6.83. The van der Waals surface area contributed by atoms with E-state index in [1.807, 2.05) is 30.3 Å². The molecule has 23 heavy (non-hydrogen) atoms. The van der Waals surface area contributed by atoms with Crippen molar-refractivity contribution in [3.05, 3.63) is 47.7 Å². The van der Waals surface area contributed by atoms with Gasteiger partial charge in [-0.25, -0.2) is 0 Å². The summed E-state index contributed by atoms with van der Waals surface area (Å²) >= 11 is 0. The predicted octanol–water partition coefficient (Wildman–Crippen LogP) is 2.27. The van der Waals surface area contributed by atoms with E-state index in [0.717, 1.165) is 18.4 Å². The van der Waals surface area contributed by atoms with Crippen LogP contribution in [0.15, 0.2) is 40.9 Å². The number of ether oxygens (including phenoxy) is 1. The first-order chi connectivity index (χ1) is 11.2. The number of piperidine rings is 1. The summed E-state index contributed by atoms with van der Waals surface area (Å²) in [5.74, 6) is 0.450. The van der Waals surface area contributed by atoms with Gasteiger partial charge in [0.2, 0.25) is 5.76 Å². The molecule has 1 atom stereocenters. The number of hydrogen-bond acceptors (Lipinski definition) is 5. The van der Waals surface area contributed by atoms with Gasteiger partial charge in [0, 0.05) is 13.1 Å². The summed E-state index contributed by atoms with van der Waals surface area (Å²) < 4.78 is 9.92. The molecule has 0 bridgehead atoms. The van der Waals surface area contributed by atoms with E-state index in [-0.39, 0.29) is 17.6 Å². The molecule has 1 aromatic carbocycles. The van der Waals surface area contributed by atoms with Crippen LogP contribution >= 0.6 is 0 Å². The summed E-state index contributed by atoms with van der Waals surface area (Å²) in [4.78, 5) is 14.1. The molecule has 1 aliphatic heterocycles. The molecular formula is C17H20N2O4. The summed E-state index contributed by atoms with van der Waals surface area (Å²) in [7, 11) is 1.47. The number of aliphatic hydroxyl groups excluding tert-OH is 1. The van der Waals surface area contributed by atoms with Crippen LogP contribution in [0.5, 0.6) is 5.88 Å². The highest BCUT2D eigenvalue weighted by atomic mass is 16.5. The molecule has 0 spiro atoms. The fraction of sp³-hybridized carbons (Fsp3) is 0.412. The maximum absolute atomic E-state index is 12.3. The van der Waals surface area contributed by atoms with Gasteiger partial charge in [0.1, 0.15) is 0 Å². The van der Waals surface area contributed by atoms with Crippen LogP contribution in [0.4, 0.5) is 0 Å². The van der Waals surface area contributed by atoms with Crippen molar-refractivity contribution in [2.24, 2.45) is 5.92 Å². The zero-order valence-electron chi connectivity index (χ0n) is 13.0. The molecule has 0 aliphatic carbocycles. The van der Waals surface area contributed by atoms with Crippen LogP contribution in [-0.2, 0) is 0 Å². The highest BCUT2D eigenvalue weighted by Crippen LogP contribution is 2.31. The second-order valence-electron chi connectivity index (χ2n) is 5.72. The van der Waals surface area contributed by atoms with Crippen LogP contribution in [-0.4, -0.2) is 41.3 Å². The summed E-state index contributed by atoms with van der Waals surface area (Å²) in [5, 5.41) is 14.1. The minimum Gasteiger partial charge on any atom is -0.479 e. The van der Waals surface area contributed by atoms with Gasteiger partial charge in [-0.2, -0.15) is 0 Å². The zero-order valence-corrected chi connectivity index (χ0v) is 13.0. The molecule has 1 saturated heterocycles. The first-order valence-corrected chi connectivity index (χ1v) is 7.72. The average molecular weight is 316 g/mol. The topological polar surface area (TPSA) is 75.8 Å². The van der Waals surface area contributed by atoms with Crippen LogP contribution < -0.4 is 4.74 Å². The Kier molecular flexibility index (Phi) is 4.62. The minimum atomic E-state index is -0.487. The fourth-order valence-electron chi connectivity index (χ4n) is 2.95. The number of carbonyl (C=O) groups is 1. The number of rotatable bonds is 4. The fourth-order valence-corrected chi connectivity index (χ4v) is 2.95. The Labute approximate surface area is 134 Å². The smallest absolute Gasteiger partial charge is 0.292 e. The lowest BCUT2D eigenvalue weighted by atomic mass is 9.87. The van der Waals surface area contributed by atoms with E-state index in [2.05, 4.69) is 5.16 Å². The van der Waals surface area contributed by atoms with E-state index in [0.29, 0.717) is 19.0 Å². The van der Waals surface area contributed by atoms with Crippen LogP contribution in [0.25, 0.3) is 0 Å². The average Bonchev–Trinajstić information content (AvgIpc) is 3.10. The maximum Gasteiger partial charge on any atom is 0.292 e. The van der Waals surface area contributed by atoms with Crippen LogP contribution in [0.1, 0.15) is 35.1 Å². The molecule has 0 radical (unpaired) electrons. The van der Waals surface area contributed by atoms with E-state index < -0.39 is 6.10 Å². The maximum atomic E-state index is 12.3. The Morgan fingerprint density at radius 3 is 2.65 bits per heavy atom. The van der Waals surface area contributed by atoms with E-state index in [9.17, 15) is 9.90 Å². The predicted molar refractivity (Wildman–Crippen MR) is 83.1 cm³/mol. The Morgan fingerprint density at radius 2 is 2.04 bits per heavy atom. The lowest BCUT2D eigenvalue weighted by Crippen LogP contribution is -2.39. The van der Waals surface area contributed by atoms with E-state index in [1.54, 1.807) is 4.90 Å². The molecule has 1 N–H and O–H groups in total. The first kappa shape index (κ1) is 15.6. The quantitative estimate of drug-likeness (QED) is 0.936. The monoisotopic (exact) mass is 316 g/mol. The number of methoxy groups -OCH3 is 1. The van der Waals surface area contributed by atoms with Crippen molar-refractivity contribution in [3.8, 4) is 5.88 Å². The van der Waals surface area contributed by atoms with Gasteiger partial charge >= 0.3 is 0 Å². The molecular weight excluding hydrogens is 296 g/mol. The molecule has 1 amide bonds. The van der Waals surface area contributed by atoms with Gasteiger partial charge in [-0.15, -0.1) is 0 Å². The minimum absolute atomic E-state index is 0.158. The van der Waals surface area contributed by atoms with Crippen molar-refractivity contribution in [2.75, 3.05) is 20.2 Å². The van der Waals surface area contributed by atoms with E-state index in [4.69, 9.17) is 9.26 Å². The van der Waals surface area contributed by atoms with Gasteiger partial charge in [-0.3, -0.25) is 4.79 Å². The number of likely N-dealkylation sites (tertiary alicyclic amines) is 1. The van der Waals surface area contributed by atoms with Crippen molar-refractivity contribution in [3.63, 3.8) is 0 Å². The molecule has 122 valence electrons.